The van der Waals surface area contributed by atoms with Gasteiger partial charge < -0.3 is 14.4 Å². The summed E-state index contributed by atoms with van der Waals surface area (Å²) < 4.78 is 86.5. The molecule has 5 nitrogen and oxygen atoms in total. The normalized spacial score (nSPS) is 11.7. The Hall–Kier alpha value is -7.27. The summed E-state index contributed by atoms with van der Waals surface area (Å²) in [6.45, 7) is 11.4. The van der Waals surface area contributed by atoms with Crippen LogP contribution in [0.3, 0.4) is 0 Å². The van der Waals surface area contributed by atoms with E-state index in [1.807, 2.05) is 24.4 Å². The third-order valence-corrected chi connectivity index (χ3v) is 12.2. The Morgan fingerprint density at radius 1 is 0.535 bits per heavy atom. The predicted octanol–water partition coefficient (Wildman–Crippen LogP) is 17.0. The number of pyridine rings is 2. The first-order valence-electron chi connectivity index (χ1n) is 22.6. The molecule has 12 heteroatoms. The minimum Gasteiger partial charge on any atom is -0.501 e. The predicted molar refractivity (Wildman–Crippen MR) is 265 cm³/mol. The number of fused-ring (bicyclic) bond motifs is 3. The number of rotatable bonds is 8. The molecule has 0 spiro atoms. The molecule has 0 bridgehead atoms. The van der Waals surface area contributed by atoms with Gasteiger partial charge in [-0.3, -0.25) is 0 Å². The minimum absolute atomic E-state index is 0. The molecule has 71 heavy (non-hydrogen) atoms. The molecule has 1 radical (unpaired) electrons. The number of hydrogen-bond donors (Lipinski definition) is 0. The summed E-state index contributed by atoms with van der Waals surface area (Å²) >= 11 is 0. The van der Waals surface area contributed by atoms with E-state index in [1.165, 1.54) is 68.9 Å². The maximum atomic E-state index is 13.4. The summed E-state index contributed by atoms with van der Waals surface area (Å²) in [5, 5.41) is 2.20. The molecule has 0 saturated heterocycles. The Bertz CT molecular complexity index is 3420. The molecular weight excluding hydrogens is 1090 g/mol. The number of aromatic nitrogens is 4. The molecule has 0 aliphatic carbocycles. The van der Waals surface area contributed by atoms with E-state index in [4.69, 9.17) is 9.40 Å². The average molecular weight is 1130 g/mol. The quantitative estimate of drug-likeness (QED) is 0.112. The monoisotopic (exact) mass is 1130 g/mol. The zero-order valence-corrected chi connectivity index (χ0v) is 41.4. The Balaban J connectivity index is 0.000000214. The van der Waals surface area contributed by atoms with E-state index in [9.17, 15) is 26.3 Å². The maximum Gasteiger partial charge on any atom is 0.434 e. The molecule has 359 valence electrons. The van der Waals surface area contributed by atoms with E-state index in [1.54, 1.807) is 12.1 Å². The molecule has 0 saturated carbocycles. The number of para-hydroxylation sites is 1. The Labute approximate surface area is 421 Å². The molecule has 0 atom stereocenters. The molecule has 10 aromatic rings. The first kappa shape index (κ1) is 50.1. The van der Waals surface area contributed by atoms with E-state index >= 15 is 0 Å². The fraction of sp³-hybridized carbons (Fsp3) is 0.153. The number of aryl methyl sites for hydroxylation is 1. The molecule has 6 aromatic carbocycles. The second kappa shape index (κ2) is 20.6. The second-order valence-electron chi connectivity index (χ2n) is 17.5. The number of alkyl halides is 6. The van der Waals surface area contributed by atoms with Crippen molar-refractivity contribution in [3.8, 4) is 67.0 Å². The van der Waals surface area contributed by atoms with Crippen LogP contribution in [0.5, 0.6) is 0 Å². The smallest absolute Gasteiger partial charge is 0.434 e. The van der Waals surface area contributed by atoms with Crippen LogP contribution in [0.1, 0.15) is 67.6 Å². The van der Waals surface area contributed by atoms with Crippen LogP contribution >= 0.6 is 0 Å². The molecule has 4 aromatic heterocycles. The van der Waals surface area contributed by atoms with Crippen LogP contribution < -0.4 is 0 Å². The van der Waals surface area contributed by atoms with Crippen LogP contribution in [-0.4, -0.2) is 19.9 Å². The average Bonchev–Trinajstić information content (AvgIpc) is 3.75. The Kier molecular flexibility index (Phi) is 14.5. The van der Waals surface area contributed by atoms with Crippen LogP contribution in [-0.2, 0) is 32.5 Å². The van der Waals surface area contributed by atoms with Gasteiger partial charge in [0, 0.05) is 43.4 Å². The standard InChI is InChI=1S/C42H36NO.C17H8F6N3.Ir/c1-26(2)36-22-32(31-20-18-30(19-21-31)29-12-7-6-8-13-29)23-37(27(3)4)41(36)38-24-39(43-25-28(38)5)35-16-11-15-34-33-14-9-10-17-40(33)44-42(34)35;18-16(19,20)14-12(15(17(21,22)23)26-9-25-14)11-7-4-8-24-13(11)10-5-2-1-3-6-10;/h6-15,17-27H,1-5H3;1-5,7-9H;/q2*-1;. The Morgan fingerprint density at radius 2 is 1.14 bits per heavy atom. The molecule has 0 fully saturated rings. The second-order valence-corrected chi connectivity index (χ2v) is 17.5. The topological polar surface area (TPSA) is 64.7 Å². The van der Waals surface area contributed by atoms with Crippen LogP contribution in [0.2, 0.25) is 0 Å². The van der Waals surface area contributed by atoms with Crippen molar-refractivity contribution >= 4 is 21.9 Å². The van der Waals surface area contributed by atoms with Gasteiger partial charge in [0.15, 0.2) is 11.4 Å². The van der Waals surface area contributed by atoms with E-state index in [0.29, 0.717) is 11.8 Å². The van der Waals surface area contributed by atoms with Crippen molar-refractivity contribution in [2.75, 3.05) is 0 Å². The van der Waals surface area contributed by atoms with Crippen molar-refractivity contribution < 1.29 is 50.9 Å². The summed E-state index contributed by atoms with van der Waals surface area (Å²) in [6, 6.07) is 53.5. The number of nitrogens with zero attached hydrogens (tertiary/aromatic N) is 4. The number of hydrogen-bond acceptors (Lipinski definition) is 5. The molecule has 4 heterocycles. The van der Waals surface area contributed by atoms with Crippen LogP contribution in [0.25, 0.3) is 89.0 Å². The summed E-state index contributed by atoms with van der Waals surface area (Å²) in [4.78, 5) is 15.0. The SMILES string of the molecule is Cc1cnc(-c2[c-]ccc3c2oc2ccccc23)cc1-c1c(C(C)C)cc(-c2ccc(-c3ccccc3)cc2)cc1C(C)C.FC(F)(F)c1ncnc(C(F)(F)F)c1-c1cccnc1-c1[c-]cccc1.[Ir]. The van der Waals surface area contributed by atoms with Gasteiger partial charge in [0.25, 0.3) is 0 Å². The number of furan rings is 1. The summed E-state index contributed by atoms with van der Waals surface area (Å²) in [5.74, 6) is 0.680. The van der Waals surface area contributed by atoms with Crippen LogP contribution in [0.4, 0.5) is 26.3 Å². The fourth-order valence-corrected chi connectivity index (χ4v) is 8.81. The van der Waals surface area contributed by atoms with E-state index in [2.05, 4.69) is 153 Å². The maximum absolute atomic E-state index is 13.4. The van der Waals surface area contributed by atoms with Crippen molar-refractivity contribution in [3.05, 3.63) is 205 Å². The molecule has 0 unspecified atom stereocenters. The molecule has 0 N–H and O–H groups in total. The van der Waals surface area contributed by atoms with Gasteiger partial charge in [0.2, 0.25) is 0 Å². The molecule has 0 aliphatic rings. The summed E-state index contributed by atoms with van der Waals surface area (Å²) in [7, 11) is 0. The zero-order valence-electron chi connectivity index (χ0n) is 39.0. The number of halogens is 6. The van der Waals surface area contributed by atoms with E-state index < -0.39 is 29.3 Å². The number of benzene rings is 6. The summed E-state index contributed by atoms with van der Waals surface area (Å²) in [6.07, 6.45) is -6.69. The largest absolute Gasteiger partial charge is 0.501 e. The van der Waals surface area contributed by atoms with Crippen molar-refractivity contribution in [2.24, 2.45) is 0 Å². The third kappa shape index (κ3) is 10.3. The Morgan fingerprint density at radius 3 is 1.76 bits per heavy atom. The van der Waals surface area contributed by atoms with Gasteiger partial charge in [0.1, 0.15) is 11.9 Å². The van der Waals surface area contributed by atoms with Crippen LogP contribution in [0, 0.1) is 19.1 Å². The zero-order chi connectivity index (χ0) is 49.3. The van der Waals surface area contributed by atoms with Crippen LogP contribution in [0.15, 0.2) is 169 Å². The molecular formula is C59H44F6IrN4O-2. The summed E-state index contributed by atoms with van der Waals surface area (Å²) in [5.41, 5.74) is 10.1. The third-order valence-electron chi connectivity index (χ3n) is 12.2. The molecule has 0 aliphatic heterocycles. The van der Waals surface area contributed by atoms with E-state index in [0.717, 1.165) is 44.8 Å². The van der Waals surface area contributed by atoms with Gasteiger partial charge in [-0.25, -0.2) is 9.97 Å². The molecule has 0 amide bonds. The van der Waals surface area contributed by atoms with Gasteiger partial charge in [-0.2, -0.15) is 26.3 Å². The fourth-order valence-electron chi connectivity index (χ4n) is 8.81. The van der Waals surface area contributed by atoms with Crippen molar-refractivity contribution in [3.63, 3.8) is 0 Å². The van der Waals surface area contributed by atoms with Gasteiger partial charge >= 0.3 is 12.4 Å². The van der Waals surface area contributed by atoms with Crippen molar-refractivity contribution in [2.45, 2.75) is 58.8 Å². The van der Waals surface area contributed by atoms with Gasteiger partial charge in [-0.05, 0) is 97.9 Å². The van der Waals surface area contributed by atoms with Gasteiger partial charge in [-0.15, -0.1) is 54.1 Å². The van der Waals surface area contributed by atoms with Crippen molar-refractivity contribution in [1.29, 1.82) is 0 Å². The first-order chi connectivity index (χ1) is 33.6. The van der Waals surface area contributed by atoms with Gasteiger partial charge in [-0.1, -0.05) is 136 Å². The molecule has 10 rings (SSSR count). The van der Waals surface area contributed by atoms with Crippen molar-refractivity contribution in [1.82, 2.24) is 19.9 Å². The van der Waals surface area contributed by atoms with E-state index in [-0.39, 0.29) is 43.3 Å². The first-order valence-corrected chi connectivity index (χ1v) is 22.6. The van der Waals surface area contributed by atoms with Gasteiger partial charge in [0.05, 0.1) is 5.58 Å². The minimum atomic E-state index is -5.11.